The lowest BCUT2D eigenvalue weighted by Gasteiger charge is -2.12. The molecule has 108 valence electrons. The van der Waals surface area contributed by atoms with E-state index in [0.717, 1.165) is 6.07 Å². The minimum Gasteiger partial charge on any atom is -0.408 e. The Balaban J connectivity index is 2.12. The molecule has 0 saturated heterocycles. The maximum Gasteiger partial charge on any atom is 0.417 e. The number of H-pyrrole nitrogens is 1. The second kappa shape index (κ2) is 4.62. The van der Waals surface area contributed by atoms with E-state index < -0.39 is 17.4 Å². The largest absolute Gasteiger partial charge is 0.417 e. The fraction of sp³-hybridized carbons (Fsp3) is 0.0714. The monoisotopic (exact) mass is 291 g/mol. The number of anilines is 3. The molecule has 0 bridgehead atoms. The molecule has 0 aliphatic heterocycles. The first-order valence-corrected chi connectivity index (χ1v) is 6.09. The van der Waals surface area contributed by atoms with Gasteiger partial charge in [0.25, 0.3) is 0 Å². The zero-order valence-electron chi connectivity index (χ0n) is 11.0. The van der Waals surface area contributed by atoms with Crippen molar-refractivity contribution in [2.45, 2.75) is 6.92 Å². The van der Waals surface area contributed by atoms with Crippen molar-refractivity contribution in [3.05, 3.63) is 52.0 Å². The van der Waals surface area contributed by atoms with Gasteiger partial charge in [0.1, 0.15) is 11.5 Å². The van der Waals surface area contributed by atoms with Crippen LogP contribution in [0.15, 0.2) is 33.5 Å². The molecule has 21 heavy (non-hydrogen) atoms. The van der Waals surface area contributed by atoms with Gasteiger partial charge in [-0.1, -0.05) is 6.07 Å². The molecule has 5 nitrogen and oxygen atoms in total. The highest BCUT2D eigenvalue weighted by molar-refractivity contribution is 5.87. The van der Waals surface area contributed by atoms with Gasteiger partial charge in [0.15, 0.2) is 11.4 Å². The average molecular weight is 291 g/mol. The Morgan fingerprint density at radius 3 is 2.81 bits per heavy atom. The van der Waals surface area contributed by atoms with Gasteiger partial charge in [-0.25, -0.2) is 13.6 Å². The number of hydrogen-bond donors (Lipinski definition) is 3. The fourth-order valence-corrected chi connectivity index (χ4v) is 2.03. The van der Waals surface area contributed by atoms with Crippen LogP contribution in [0.25, 0.3) is 11.1 Å². The standard InChI is InChI=1S/C14H11F2N3O2/c1-6-2-3-7(15)13(12(6)16)18-9-5-10-11(4-8(9)17)21-14(20)19-10/h2-5,18H,17H2,1H3,(H,19,20). The molecule has 7 heteroatoms. The quantitative estimate of drug-likeness (QED) is 0.634. The molecule has 0 unspecified atom stereocenters. The second-order valence-corrected chi connectivity index (χ2v) is 4.63. The predicted octanol–water partition coefficient (Wildman–Crippen LogP) is 3.03. The van der Waals surface area contributed by atoms with E-state index in [1.165, 1.54) is 25.1 Å². The summed E-state index contributed by atoms with van der Waals surface area (Å²) < 4.78 is 32.6. The Morgan fingerprint density at radius 1 is 1.29 bits per heavy atom. The van der Waals surface area contributed by atoms with Crippen LogP contribution in [0.1, 0.15) is 5.56 Å². The van der Waals surface area contributed by atoms with E-state index >= 15 is 0 Å². The summed E-state index contributed by atoms with van der Waals surface area (Å²) in [5.74, 6) is -2.07. The minimum atomic E-state index is -0.738. The molecule has 0 aliphatic rings. The van der Waals surface area contributed by atoms with Crippen LogP contribution in [0.3, 0.4) is 0 Å². The maximum absolute atomic E-state index is 14.0. The molecule has 0 spiro atoms. The number of aromatic amines is 1. The molecular weight excluding hydrogens is 280 g/mol. The summed E-state index contributed by atoms with van der Waals surface area (Å²) in [5.41, 5.74) is 6.92. The third-order valence-corrected chi connectivity index (χ3v) is 3.13. The number of benzene rings is 2. The van der Waals surface area contributed by atoms with Gasteiger partial charge in [-0.05, 0) is 24.6 Å². The van der Waals surface area contributed by atoms with Gasteiger partial charge in [-0.3, -0.25) is 4.98 Å². The summed E-state index contributed by atoms with van der Waals surface area (Å²) >= 11 is 0. The van der Waals surface area contributed by atoms with Crippen molar-refractivity contribution in [1.82, 2.24) is 4.98 Å². The van der Waals surface area contributed by atoms with Crippen LogP contribution < -0.4 is 16.8 Å². The van der Waals surface area contributed by atoms with Gasteiger partial charge in [0.2, 0.25) is 0 Å². The molecule has 0 amide bonds. The van der Waals surface area contributed by atoms with Crippen LogP contribution >= 0.6 is 0 Å². The van der Waals surface area contributed by atoms with Crippen LogP contribution in [0, 0.1) is 18.6 Å². The molecule has 3 rings (SSSR count). The second-order valence-electron chi connectivity index (χ2n) is 4.63. The molecule has 4 N–H and O–H groups in total. The molecule has 2 aromatic carbocycles. The van der Waals surface area contributed by atoms with Gasteiger partial charge in [-0.2, -0.15) is 0 Å². The van der Waals surface area contributed by atoms with Gasteiger partial charge in [0, 0.05) is 6.07 Å². The van der Waals surface area contributed by atoms with Crippen LogP contribution in [0.5, 0.6) is 0 Å². The molecule has 0 saturated carbocycles. The SMILES string of the molecule is Cc1ccc(F)c(Nc2cc3[nH]c(=O)oc3cc2N)c1F. The van der Waals surface area contributed by atoms with Gasteiger partial charge in [-0.15, -0.1) is 0 Å². The van der Waals surface area contributed by atoms with Crippen LogP contribution in [0.2, 0.25) is 0 Å². The minimum absolute atomic E-state index is 0.200. The summed E-state index contributed by atoms with van der Waals surface area (Å²) in [7, 11) is 0. The van der Waals surface area contributed by atoms with Crippen molar-refractivity contribution < 1.29 is 13.2 Å². The number of halogens is 2. The number of nitrogens with two attached hydrogens (primary N) is 1. The van der Waals surface area contributed by atoms with Crippen molar-refractivity contribution in [3.63, 3.8) is 0 Å². The number of oxazole rings is 1. The van der Waals surface area contributed by atoms with E-state index in [9.17, 15) is 13.6 Å². The number of nitrogens with one attached hydrogen (secondary N) is 2. The van der Waals surface area contributed by atoms with Crippen molar-refractivity contribution >= 4 is 28.2 Å². The van der Waals surface area contributed by atoms with E-state index in [1.807, 2.05) is 0 Å². The Kier molecular flexibility index (Phi) is 2.90. The van der Waals surface area contributed by atoms with E-state index in [2.05, 4.69) is 10.3 Å². The summed E-state index contributed by atoms with van der Waals surface area (Å²) in [6, 6.07) is 5.36. The number of nitrogen functional groups attached to an aromatic ring is 1. The number of fused-ring (bicyclic) bond motifs is 1. The summed E-state index contributed by atoms with van der Waals surface area (Å²) in [6.45, 7) is 1.53. The first kappa shape index (κ1) is 13.2. The summed E-state index contributed by atoms with van der Waals surface area (Å²) in [5, 5.41) is 2.61. The number of rotatable bonds is 2. The lowest BCUT2D eigenvalue weighted by atomic mass is 10.1. The first-order chi connectivity index (χ1) is 9.95. The van der Waals surface area contributed by atoms with E-state index in [1.54, 1.807) is 0 Å². The highest BCUT2D eigenvalue weighted by Crippen LogP contribution is 2.30. The van der Waals surface area contributed by atoms with Crippen LogP contribution in [-0.2, 0) is 0 Å². The average Bonchev–Trinajstić information content (AvgIpc) is 2.78. The zero-order valence-corrected chi connectivity index (χ0v) is 11.0. The third-order valence-electron chi connectivity index (χ3n) is 3.13. The Labute approximate surface area is 117 Å². The van der Waals surface area contributed by atoms with E-state index in [-0.39, 0.29) is 22.6 Å². The molecule has 1 aromatic heterocycles. The summed E-state index contributed by atoms with van der Waals surface area (Å²) in [6.07, 6.45) is 0. The number of hydrogen-bond acceptors (Lipinski definition) is 4. The smallest absolute Gasteiger partial charge is 0.408 e. The maximum atomic E-state index is 14.0. The van der Waals surface area contributed by atoms with Crippen molar-refractivity contribution in [2.24, 2.45) is 0 Å². The van der Waals surface area contributed by atoms with Crippen LogP contribution in [-0.4, -0.2) is 4.98 Å². The van der Waals surface area contributed by atoms with Crippen molar-refractivity contribution in [3.8, 4) is 0 Å². The lowest BCUT2D eigenvalue weighted by molar-refractivity contribution is 0.555. The van der Waals surface area contributed by atoms with Crippen molar-refractivity contribution in [1.29, 1.82) is 0 Å². The van der Waals surface area contributed by atoms with Crippen molar-refractivity contribution in [2.75, 3.05) is 11.1 Å². The molecule has 0 radical (unpaired) electrons. The van der Waals surface area contributed by atoms with Gasteiger partial charge in [0.05, 0.1) is 16.9 Å². The predicted molar refractivity (Wildman–Crippen MR) is 75.6 cm³/mol. The fourth-order valence-electron chi connectivity index (χ4n) is 2.03. The van der Waals surface area contributed by atoms with Gasteiger partial charge < -0.3 is 15.5 Å². The molecule has 0 atom stereocenters. The zero-order chi connectivity index (χ0) is 15.1. The number of aromatic nitrogens is 1. The molecular formula is C14H11F2N3O2. The molecule has 3 aromatic rings. The van der Waals surface area contributed by atoms with Gasteiger partial charge >= 0.3 is 5.76 Å². The Bertz CT molecular complexity index is 899. The highest BCUT2D eigenvalue weighted by Gasteiger charge is 2.14. The van der Waals surface area contributed by atoms with E-state index in [0.29, 0.717) is 11.1 Å². The molecule has 0 fully saturated rings. The summed E-state index contributed by atoms with van der Waals surface area (Å²) in [4.78, 5) is 13.6. The first-order valence-electron chi connectivity index (χ1n) is 6.09. The molecule has 0 aliphatic carbocycles. The van der Waals surface area contributed by atoms with E-state index in [4.69, 9.17) is 10.2 Å². The highest BCUT2D eigenvalue weighted by atomic mass is 19.1. The Hall–Kier alpha value is -2.83. The number of aryl methyl sites for hydroxylation is 1. The van der Waals surface area contributed by atoms with Crippen LogP contribution in [0.4, 0.5) is 25.8 Å². The topological polar surface area (TPSA) is 84.0 Å². The lowest BCUT2D eigenvalue weighted by Crippen LogP contribution is -2.02. The molecule has 1 heterocycles. The Morgan fingerprint density at radius 2 is 2.05 bits per heavy atom. The third kappa shape index (κ3) is 2.22. The normalized spacial score (nSPS) is 11.0.